The van der Waals surface area contributed by atoms with Gasteiger partial charge in [-0.1, -0.05) is 12.1 Å². The minimum absolute atomic E-state index is 0.142. The van der Waals surface area contributed by atoms with Crippen LogP contribution in [0, 0.1) is 0 Å². The highest BCUT2D eigenvalue weighted by molar-refractivity contribution is 5.86. The lowest BCUT2D eigenvalue weighted by Crippen LogP contribution is -2.35. The maximum atomic E-state index is 6.18. The molecule has 2 aromatic heterocycles. The molecule has 0 spiro atoms. The Hall–Kier alpha value is -3.10. The van der Waals surface area contributed by atoms with Crippen LogP contribution < -0.4 is 10.1 Å². The number of methoxy groups -OCH3 is 1. The summed E-state index contributed by atoms with van der Waals surface area (Å²) in [5.74, 6) is 1.25. The number of fused-ring (bicyclic) bond motifs is 2. The standard InChI is InChI=1S/C27H34N6O2/c1-18(17-34-3)30-27-29-15-22-21(6-4-5-7-23(22)32-27)19-8-9-24-25(14-19)31-26(16-28-24)35-20-10-12-33(2)13-11-20/h6,8-9,14-16,18,20H,4-5,7,10-13,17H2,1-3H3,(H,29,30,32)/t18-/m0/s1. The van der Waals surface area contributed by atoms with Crippen LogP contribution in [0.2, 0.25) is 0 Å². The molecule has 8 heteroatoms. The highest BCUT2D eigenvalue weighted by Gasteiger charge is 2.20. The molecule has 0 radical (unpaired) electrons. The summed E-state index contributed by atoms with van der Waals surface area (Å²) in [7, 11) is 3.85. The van der Waals surface area contributed by atoms with E-state index in [1.165, 1.54) is 0 Å². The number of hydrogen-bond donors (Lipinski definition) is 1. The molecular formula is C27H34N6O2. The van der Waals surface area contributed by atoms with E-state index >= 15 is 0 Å². The Morgan fingerprint density at radius 1 is 1.11 bits per heavy atom. The van der Waals surface area contributed by atoms with Gasteiger partial charge in [-0.3, -0.25) is 0 Å². The molecule has 1 aliphatic carbocycles. The summed E-state index contributed by atoms with van der Waals surface area (Å²) < 4.78 is 11.4. The molecule has 0 bridgehead atoms. The molecular weight excluding hydrogens is 440 g/mol. The van der Waals surface area contributed by atoms with Gasteiger partial charge in [-0.05, 0) is 69.3 Å². The number of ether oxygens (including phenoxy) is 2. The number of piperidine rings is 1. The highest BCUT2D eigenvalue weighted by Crippen LogP contribution is 2.32. The fraction of sp³-hybridized carbons (Fsp3) is 0.481. The first-order chi connectivity index (χ1) is 17.1. The van der Waals surface area contributed by atoms with Gasteiger partial charge in [0.2, 0.25) is 11.8 Å². The molecule has 0 amide bonds. The molecule has 1 atom stereocenters. The van der Waals surface area contributed by atoms with Crippen molar-refractivity contribution in [1.82, 2.24) is 24.8 Å². The molecule has 5 rings (SSSR count). The van der Waals surface area contributed by atoms with E-state index in [0.29, 0.717) is 18.4 Å². The summed E-state index contributed by atoms with van der Waals surface area (Å²) in [5, 5.41) is 3.33. The molecule has 8 nitrogen and oxygen atoms in total. The predicted molar refractivity (Wildman–Crippen MR) is 138 cm³/mol. The fourth-order valence-electron chi connectivity index (χ4n) is 4.81. The second-order valence-electron chi connectivity index (χ2n) is 9.60. The normalized spacial score (nSPS) is 18.0. The first-order valence-electron chi connectivity index (χ1n) is 12.5. The average molecular weight is 475 g/mol. The summed E-state index contributed by atoms with van der Waals surface area (Å²) in [4.78, 5) is 21.2. The summed E-state index contributed by atoms with van der Waals surface area (Å²) >= 11 is 0. The number of benzene rings is 1. The highest BCUT2D eigenvalue weighted by atomic mass is 16.5. The smallest absolute Gasteiger partial charge is 0.233 e. The van der Waals surface area contributed by atoms with Crippen LogP contribution in [-0.4, -0.2) is 70.8 Å². The SMILES string of the molecule is COC[C@H](C)Nc1ncc2c(n1)CCCC=C2c1ccc2ncc(OC3CCN(C)CC3)nc2c1. The number of hydrogen-bond acceptors (Lipinski definition) is 8. The number of likely N-dealkylation sites (tertiary alicyclic amines) is 1. The van der Waals surface area contributed by atoms with Crippen molar-refractivity contribution >= 4 is 22.6 Å². The van der Waals surface area contributed by atoms with Crippen LogP contribution in [0.25, 0.3) is 16.6 Å². The van der Waals surface area contributed by atoms with Crippen molar-refractivity contribution in [2.45, 2.75) is 51.2 Å². The number of aryl methyl sites for hydroxylation is 1. The van der Waals surface area contributed by atoms with Gasteiger partial charge in [0.05, 0.1) is 29.5 Å². The van der Waals surface area contributed by atoms with E-state index in [9.17, 15) is 0 Å². The van der Waals surface area contributed by atoms with E-state index in [1.54, 1.807) is 13.3 Å². The number of allylic oxidation sites excluding steroid dienone is 1. The number of aromatic nitrogens is 4. The van der Waals surface area contributed by atoms with Crippen molar-refractivity contribution in [1.29, 1.82) is 0 Å². The molecule has 3 heterocycles. The molecule has 1 saturated heterocycles. The molecule has 0 saturated carbocycles. The van der Waals surface area contributed by atoms with Gasteiger partial charge in [0.1, 0.15) is 6.10 Å². The first-order valence-corrected chi connectivity index (χ1v) is 12.5. The minimum atomic E-state index is 0.142. The Morgan fingerprint density at radius 2 is 1.97 bits per heavy atom. The van der Waals surface area contributed by atoms with Crippen LogP contribution in [0.15, 0.2) is 36.7 Å². The summed E-state index contributed by atoms with van der Waals surface area (Å²) in [6.45, 7) is 4.76. The summed E-state index contributed by atoms with van der Waals surface area (Å²) in [6.07, 6.45) is 11.2. The molecule has 35 heavy (non-hydrogen) atoms. The molecule has 1 aliphatic heterocycles. The van der Waals surface area contributed by atoms with Crippen molar-refractivity contribution in [3.05, 3.63) is 53.5 Å². The van der Waals surface area contributed by atoms with Gasteiger partial charge in [-0.25, -0.2) is 19.9 Å². The number of nitrogens with one attached hydrogen (secondary N) is 1. The largest absolute Gasteiger partial charge is 0.473 e. The maximum Gasteiger partial charge on any atom is 0.233 e. The van der Waals surface area contributed by atoms with Crippen molar-refractivity contribution in [2.24, 2.45) is 0 Å². The molecule has 0 unspecified atom stereocenters. The molecule has 2 aliphatic rings. The Kier molecular flexibility index (Phi) is 7.20. The Bertz CT molecular complexity index is 1210. The second-order valence-corrected chi connectivity index (χ2v) is 9.60. The lowest BCUT2D eigenvalue weighted by atomic mass is 9.97. The van der Waals surface area contributed by atoms with Crippen molar-refractivity contribution in [3.63, 3.8) is 0 Å². The van der Waals surface area contributed by atoms with E-state index in [4.69, 9.17) is 19.4 Å². The lowest BCUT2D eigenvalue weighted by molar-refractivity contribution is 0.110. The maximum absolute atomic E-state index is 6.18. The average Bonchev–Trinajstić information content (AvgIpc) is 3.07. The van der Waals surface area contributed by atoms with Crippen molar-refractivity contribution in [3.8, 4) is 5.88 Å². The number of nitrogens with zero attached hydrogens (tertiary/aromatic N) is 5. The van der Waals surface area contributed by atoms with Crippen LogP contribution >= 0.6 is 0 Å². The van der Waals surface area contributed by atoms with Crippen LogP contribution in [0.5, 0.6) is 5.88 Å². The van der Waals surface area contributed by atoms with Crippen molar-refractivity contribution < 1.29 is 9.47 Å². The molecule has 1 fully saturated rings. The third-order valence-corrected chi connectivity index (χ3v) is 6.70. The number of anilines is 1. The minimum Gasteiger partial charge on any atom is -0.473 e. The Balaban J connectivity index is 1.40. The summed E-state index contributed by atoms with van der Waals surface area (Å²) in [5.41, 5.74) is 6.11. The van der Waals surface area contributed by atoms with Crippen LogP contribution in [0.3, 0.4) is 0 Å². The van der Waals surface area contributed by atoms with Crippen LogP contribution in [0.1, 0.15) is 49.4 Å². The van der Waals surface area contributed by atoms with Gasteiger partial charge in [-0.15, -0.1) is 0 Å². The van der Waals surface area contributed by atoms with Gasteiger partial charge >= 0.3 is 0 Å². The first kappa shape index (κ1) is 23.6. The Morgan fingerprint density at radius 3 is 2.80 bits per heavy atom. The van der Waals surface area contributed by atoms with Gasteiger partial charge < -0.3 is 19.7 Å². The quantitative estimate of drug-likeness (QED) is 0.548. The predicted octanol–water partition coefficient (Wildman–Crippen LogP) is 4.11. The zero-order valence-electron chi connectivity index (χ0n) is 20.8. The second kappa shape index (κ2) is 10.7. The number of rotatable bonds is 7. The third kappa shape index (κ3) is 5.60. The van der Waals surface area contributed by atoms with Gasteiger partial charge in [-0.2, -0.15) is 0 Å². The van der Waals surface area contributed by atoms with Crippen LogP contribution in [0.4, 0.5) is 5.95 Å². The van der Waals surface area contributed by atoms with Gasteiger partial charge in [0.15, 0.2) is 0 Å². The zero-order chi connectivity index (χ0) is 24.2. The molecule has 1 N–H and O–H groups in total. The molecule has 1 aromatic carbocycles. The third-order valence-electron chi connectivity index (χ3n) is 6.70. The van der Waals surface area contributed by atoms with E-state index in [0.717, 1.165) is 78.6 Å². The van der Waals surface area contributed by atoms with E-state index < -0.39 is 0 Å². The van der Waals surface area contributed by atoms with Gasteiger partial charge in [0, 0.05) is 38.0 Å². The summed E-state index contributed by atoms with van der Waals surface area (Å²) in [6, 6.07) is 6.40. The molecule has 184 valence electrons. The fourth-order valence-corrected chi connectivity index (χ4v) is 4.81. The monoisotopic (exact) mass is 474 g/mol. The van der Waals surface area contributed by atoms with Crippen LogP contribution in [-0.2, 0) is 11.2 Å². The van der Waals surface area contributed by atoms with Gasteiger partial charge in [0.25, 0.3) is 0 Å². The lowest BCUT2D eigenvalue weighted by Gasteiger charge is -2.28. The molecule has 3 aromatic rings. The zero-order valence-corrected chi connectivity index (χ0v) is 20.8. The van der Waals surface area contributed by atoms with Crippen molar-refractivity contribution in [2.75, 3.05) is 39.2 Å². The van der Waals surface area contributed by atoms with E-state index in [-0.39, 0.29) is 12.1 Å². The topological polar surface area (TPSA) is 85.3 Å². The Labute approximate surface area is 206 Å². The van der Waals surface area contributed by atoms with E-state index in [2.05, 4.69) is 52.4 Å². The van der Waals surface area contributed by atoms with E-state index in [1.807, 2.05) is 12.3 Å².